The Balaban J connectivity index is 1.17. The van der Waals surface area contributed by atoms with E-state index >= 15 is 0 Å². The van der Waals surface area contributed by atoms with Gasteiger partial charge < -0.3 is 103 Å². The average molecular weight is 1280 g/mol. The van der Waals surface area contributed by atoms with E-state index in [-0.39, 0.29) is 34.4 Å². The second-order valence-electron chi connectivity index (χ2n) is 21.9. The molecule has 4 saturated heterocycles. The molecule has 1 amide bonds. The van der Waals surface area contributed by atoms with Gasteiger partial charge >= 0.3 is 29.8 Å². The van der Waals surface area contributed by atoms with Crippen molar-refractivity contribution in [3.63, 3.8) is 0 Å². The fraction of sp³-hybridized carbons (Fsp3) is 0.446. The van der Waals surface area contributed by atoms with Gasteiger partial charge in [-0.2, -0.15) is 0 Å². The Kier molecular flexibility index (Phi) is 24.4. The number of esters is 5. The average Bonchev–Trinajstić information content (AvgIpc) is 0.784. The zero-order chi connectivity index (χ0) is 65.4. The molecule has 4 aliphatic heterocycles. The van der Waals surface area contributed by atoms with E-state index in [4.69, 9.17) is 61.6 Å². The number of aliphatic hydroxyl groups is 7. The lowest BCUT2D eigenvalue weighted by molar-refractivity contribution is -0.380. The molecule has 5 aromatic carbocycles. The Hall–Kier alpha value is -7.68. The van der Waals surface area contributed by atoms with Gasteiger partial charge in [0.05, 0.1) is 41.0 Å². The van der Waals surface area contributed by atoms with Gasteiger partial charge in [-0.1, -0.05) is 104 Å². The van der Waals surface area contributed by atoms with Gasteiger partial charge in [0.2, 0.25) is 5.91 Å². The van der Waals surface area contributed by atoms with Crippen molar-refractivity contribution < 1.29 is 126 Å². The number of hydrogen-bond donors (Lipinski definition) is 8. The smallest absolute Gasteiger partial charge is 0.338 e. The zero-order valence-corrected chi connectivity index (χ0v) is 49.8. The van der Waals surface area contributed by atoms with Crippen LogP contribution >= 0.6 is 0 Å². The van der Waals surface area contributed by atoms with Gasteiger partial charge in [-0.25, -0.2) is 24.0 Å². The van der Waals surface area contributed by atoms with Crippen LogP contribution in [0.15, 0.2) is 152 Å². The largest absolute Gasteiger partial charge is 0.459 e. The van der Waals surface area contributed by atoms with Crippen LogP contribution in [0.2, 0.25) is 0 Å². The number of carbonyl (C=O) groups excluding carboxylic acids is 6. The van der Waals surface area contributed by atoms with Crippen LogP contribution in [0.4, 0.5) is 0 Å². The second kappa shape index (κ2) is 32.7. The first kappa shape index (κ1) is 68.7. The van der Waals surface area contributed by atoms with Gasteiger partial charge in [-0.05, 0) is 67.1 Å². The monoisotopic (exact) mass is 1280 g/mol. The fourth-order valence-corrected chi connectivity index (χ4v) is 10.6. The van der Waals surface area contributed by atoms with Gasteiger partial charge in [0.1, 0.15) is 92.5 Å². The molecule has 8 N–H and O–H groups in total. The maximum absolute atomic E-state index is 14.7. The first-order chi connectivity index (χ1) is 44.5. The third-order valence-electron chi connectivity index (χ3n) is 15.5. The minimum Gasteiger partial charge on any atom is -0.459 e. The molecular formula is C65H73NO26. The highest BCUT2D eigenvalue weighted by Gasteiger charge is 2.59. The van der Waals surface area contributed by atoms with Crippen molar-refractivity contribution >= 4 is 35.8 Å². The predicted octanol–water partition coefficient (Wildman–Crippen LogP) is 1.54. The molecule has 4 fully saturated rings. The lowest BCUT2D eigenvalue weighted by atomic mass is 9.94. The van der Waals surface area contributed by atoms with E-state index in [2.05, 4.69) is 5.32 Å². The Labute approximate surface area is 527 Å². The van der Waals surface area contributed by atoms with Crippen LogP contribution in [0.5, 0.6) is 0 Å². The van der Waals surface area contributed by atoms with Gasteiger partial charge in [-0.3, -0.25) is 4.79 Å². The number of hydrogen-bond acceptors (Lipinski definition) is 26. The van der Waals surface area contributed by atoms with Crippen LogP contribution in [-0.2, 0) is 66.4 Å². The molecule has 27 nitrogen and oxygen atoms in total. The van der Waals surface area contributed by atoms with E-state index in [1.54, 1.807) is 78.9 Å². The van der Waals surface area contributed by atoms with Gasteiger partial charge in [0, 0.05) is 13.5 Å². The predicted molar refractivity (Wildman–Crippen MR) is 312 cm³/mol. The molecular weight excluding hydrogens is 1210 g/mol. The van der Waals surface area contributed by atoms with E-state index in [1.165, 1.54) is 72.8 Å². The summed E-state index contributed by atoms with van der Waals surface area (Å²) in [4.78, 5) is 84.4. The summed E-state index contributed by atoms with van der Waals surface area (Å²) < 4.78 is 81.4. The van der Waals surface area contributed by atoms with Crippen LogP contribution in [0.1, 0.15) is 78.5 Å². The minimum absolute atomic E-state index is 0.00717. The lowest BCUT2D eigenvalue weighted by Crippen LogP contribution is -2.70. The maximum Gasteiger partial charge on any atom is 0.338 e. The summed E-state index contributed by atoms with van der Waals surface area (Å²) in [6.07, 6.45) is -35.0. The van der Waals surface area contributed by atoms with Crippen molar-refractivity contribution in [1.29, 1.82) is 0 Å². The molecule has 4 aliphatic rings. The molecule has 0 radical (unpaired) electrons. The van der Waals surface area contributed by atoms with Gasteiger partial charge in [0.25, 0.3) is 0 Å². The van der Waals surface area contributed by atoms with E-state index < -0.39 is 185 Å². The van der Waals surface area contributed by atoms with Crippen molar-refractivity contribution in [2.24, 2.45) is 0 Å². The molecule has 20 atom stereocenters. The molecule has 0 bridgehead atoms. The number of ether oxygens (including phenoxy) is 13. The van der Waals surface area contributed by atoms with E-state index in [0.29, 0.717) is 12.8 Å². The SMILES string of the molecule is CCCCO[C@@H]1OC(COC(=O)c2ccccc2)[C@@H](O[C@@H]2OC(COC(=O)c3ccccc3)[C@H](O)C(O[C@@H]3OC(CO)[C@@H](O[C@@H]4OC(CO)[C@H](O)C(O)[C@@H]4O)C(O)[C@@H]3NC(C)=O)[C@@H]2OC(=O)c2ccccc2)C(OC(=O)c2ccccc2)[C@@H]1OC(=O)c1ccccc1. The molecule has 27 heteroatoms. The quantitative estimate of drug-likeness (QED) is 0.0233. The summed E-state index contributed by atoms with van der Waals surface area (Å²) in [5, 5.41) is 80.4. The highest BCUT2D eigenvalue weighted by atomic mass is 16.8. The van der Waals surface area contributed by atoms with Crippen LogP contribution in [0, 0.1) is 0 Å². The zero-order valence-electron chi connectivity index (χ0n) is 49.8. The lowest BCUT2D eigenvalue weighted by Gasteiger charge is -2.50. The molecule has 0 aliphatic carbocycles. The molecule has 92 heavy (non-hydrogen) atoms. The van der Waals surface area contributed by atoms with Crippen LogP contribution in [0.3, 0.4) is 0 Å². The number of nitrogens with one attached hydrogen (secondary N) is 1. The van der Waals surface area contributed by atoms with Crippen LogP contribution in [0.25, 0.3) is 0 Å². The van der Waals surface area contributed by atoms with E-state index in [0.717, 1.165) is 6.92 Å². The topological polar surface area (TPSA) is 376 Å². The molecule has 9 rings (SSSR count). The Morgan fingerprint density at radius 3 is 1.27 bits per heavy atom. The van der Waals surface area contributed by atoms with Crippen molar-refractivity contribution in [2.75, 3.05) is 33.0 Å². The first-order valence-corrected chi connectivity index (χ1v) is 29.8. The number of aliphatic hydroxyl groups excluding tert-OH is 7. The van der Waals surface area contributed by atoms with Crippen LogP contribution in [-0.4, -0.2) is 227 Å². The normalized spacial score (nSPS) is 31.2. The standard InChI is InChI=1S/C65H73NO26/c1-3-4-30-80-64-56(89-61(79)40-28-18-9-19-29-40)54(87-59(77)38-24-14-7-15-25-38)52(44(86-64)34-82-58(76)37-22-12-6-13-23-37)91-65-55(88-60(78)39-26-16-8-17-27-39)53(47(71)43(85-65)33-81-57(75)36-20-10-5-11-21-36)92-62-45(66-35(2)69)48(72)51(42(32-68)84-62)90-63-50(74)49(73)46(70)41(31-67)83-63/h5-29,41-56,62-65,67-68,70-74H,3-4,30-34H2,1-2H3,(H,66,69)/t41?,42?,43?,44?,45-,46-,47-,48?,49?,50-,51+,52+,53?,54?,55-,56-,62-,63-,64+,65-/m0/s1. The summed E-state index contributed by atoms with van der Waals surface area (Å²) >= 11 is 0. The highest BCUT2D eigenvalue weighted by molar-refractivity contribution is 5.91. The molecule has 8 unspecified atom stereocenters. The number of unbranched alkanes of at least 4 members (excludes halogenated alkanes) is 1. The highest BCUT2D eigenvalue weighted by Crippen LogP contribution is 2.38. The molecule has 0 spiro atoms. The first-order valence-electron chi connectivity index (χ1n) is 29.8. The maximum atomic E-state index is 14.7. The third-order valence-corrected chi connectivity index (χ3v) is 15.5. The number of benzene rings is 5. The number of rotatable bonds is 25. The van der Waals surface area contributed by atoms with Crippen molar-refractivity contribution in [3.8, 4) is 0 Å². The Morgan fingerprint density at radius 2 is 0.804 bits per heavy atom. The third kappa shape index (κ3) is 16.9. The number of amides is 1. The van der Waals surface area contributed by atoms with Gasteiger partial charge in [-0.15, -0.1) is 0 Å². The van der Waals surface area contributed by atoms with Crippen LogP contribution < -0.4 is 5.32 Å². The second-order valence-corrected chi connectivity index (χ2v) is 21.9. The summed E-state index contributed by atoms with van der Waals surface area (Å²) in [5.41, 5.74) is 0.110. The Bertz CT molecular complexity index is 3170. The molecule has 494 valence electrons. The van der Waals surface area contributed by atoms with E-state index in [1.807, 2.05) is 6.92 Å². The van der Waals surface area contributed by atoms with E-state index in [9.17, 15) is 64.5 Å². The summed E-state index contributed by atoms with van der Waals surface area (Å²) in [7, 11) is 0. The van der Waals surface area contributed by atoms with Gasteiger partial charge in [0.15, 0.2) is 43.5 Å². The Morgan fingerprint density at radius 1 is 0.402 bits per heavy atom. The number of carbonyl (C=O) groups is 6. The molecule has 0 aromatic heterocycles. The minimum atomic E-state index is -2.18. The molecule has 5 aromatic rings. The summed E-state index contributed by atoms with van der Waals surface area (Å²) in [6.45, 7) is -0.557. The van der Waals surface area contributed by atoms with Crippen molar-refractivity contribution in [2.45, 2.75) is 149 Å². The summed E-state index contributed by atoms with van der Waals surface area (Å²) in [5.74, 6) is -5.70. The molecule has 4 heterocycles. The summed E-state index contributed by atoms with van der Waals surface area (Å²) in [6, 6.07) is 36.5. The molecule has 0 saturated carbocycles. The fourth-order valence-electron chi connectivity index (χ4n) is 10.6. The van der Waals surface area contributed by atoms with Crippen molar-refractivity contribution in [3.05, 3.63) is 179 Å². The van der Waals surface area contributed by atoms with Crippen molar-refractivity contribution in [1.82, 2.24) is 5.32 Å².